The average Bonchev–Trinajstić information content (AvgIpc) is 2.88. The van der Waals surface area contributed by atoms with Crippen LogP contribution in [0.4, 0.5) is 0 Å². The summed E-state index contributed by atoms with van der Waals surface area (Å²) in [6.45, 7) is 0. The van der Waals surface area contributed by atoms with Crippen LogP contribution in [-0.2, 0) is 0 Å². The molecule has 0 aliphatic rings. The van der Waals surface area contributed by atoms with Crippen LogP contribution >= 0.6 is 23.2 Å². The molecule has 0 spiro atoms. The summed E-state index contributed by atoms with van der Waals surface area (Å²) in [6, 6.07) is 15.3. The molecule has 0 aliphatic carbocycles. The van der Waals surface area contributed by atoms with E-state index in [4.69, 9.17) is 23.2 Å². The van der Waals surface area contributed by atoms with Gasteiger partial charge in [-0.3, -0.25) is 0 Å². The van der Waals surface area contributed by atoms with Crippen LogP contribution in [0.25, 0.3) is 21.5 Å². The van der Waals surface area contributed by atoms with Gasteiger partial charge in [-0.2, -0.15) is 0 Å². The zero-order valence-corrected chi connectivity index (χ0v) is 12.9. The first-order chi connectivity index (χ1) is 9.22. The Bertz CT molecular complexity index is 665. The van der Waals surface area contributed by atoms with Gasteiger partial charge in [-0.1, -0.05) is 0 Å². The third-order valence-electron chi connectivity index (χ3n) is 2.58. The predicted molar refractivity (Wildman–Crippen MR) is 79.9 cm³/mol. The molecule has 2 nitrogen and oxygen atoms in total. The van der Waals surface area contributed by atoms with Crippen molar-refractivity contribution in [1.29, 1.82) is 0 Å². The Hall–Kier alpha value is -1.12. The van der Waals surface area contributed by atoms with Gasteiger partial charge in [0.05, 0.1) is 0 Å². The Balaban J connectivity index is 2.00. The molecule has 1 aromatic heterocycles. The van der Waals surface area contributed by atoms with Crippen molar-refractivity contribution < 1.29 is 0 Å². The summed E-state index contributed by atoms with van der Waals surface area (Å²) in [6.07, 6.45) is 0. The summed E-state index contributed by atoms with van der Waals surface area (Å²) < 4.78 is 5.50. The zero-order chi connectivity index (χ0) is 13.2. The van der Waals surface area contributed by atoms with E-state index in [9.17, 15) is 0 Å². The number of nitrogens with zero attached hydrogens (tertiary/aromatic N) is 2. The van der Waals surface area contributed by atoms with E-state index in [0.717, 1.165) is 21.5 Å². The van der Waals surface area contributed by atoms with Gasteiger partial charge in [0.2, 0.25) is 0 Å². The van der Waals surface area contributed by atoms with E-state index in [1.807, 2.05) is 48.5 Å². The third kappa shape index (κ3) is 2.90. The molecule has 5 heteroatoms. The van der Waals surface area contributed by atoms with Crippen LogP contribution in [0.2, 0.25) is 10.0 Å². The molecule has 3 aromatic rings. The normalized spacial score (nSPS) is 10.6. The van der Waals surface area contributed by atoms with E-state index in [2.05, 4.69) is 8.96 Å². The number of halogens is 2. The second-order valence-electron chi connectivity index (χ2n) is 3.94. The first-order valence-electron chi connectivity index (χ1n) is 5.58. The fourth-order valence-corrected chi connectivity index (χ4v) is 3.51. The molecular weight excluding hydrogens is 346 g/mol. The second kappa shape index (κ2) is 5.48. The monoisotopic (exact) mass is 354 g/mol. The number of hydrogen-bond acceptors (Lipinski definition) is 2. The average molecular weight is 354 g/mol. The predicted octanol–water partition coefficient (Wildman–Crippen LogP) is 4.17. The van der Waals surface area contributed by atoms with Gasteiger partial charge in [0.15, 0.2) is 0 Å². The van der Waals surface area contributed by atoms with Crippen molar-refractivity contribution >= 4 is 37.9 Å². The van der Waals surface area contributed by atoms with Crippen LogP contribution in [0.5, 0.6) is 0 Å². The van der Waals surface area contributed by atoms with Crippen molar-refractivity contribution in [2.75, 3.05) is 0 Å². The summed E-state index contributed by atoms with van der Waals surface area (Å²) in [7, 11) is 0. The second-order valence-corrected chi connectivity index (χ2v) is 6.39. The molecule has 0 saturated heterocycles. The molecule has 0 aliphatic heterocycles. The van der Waals surface area contributed by atoms with E-state index < -0.39 is 0 Å². The van der Waals surface area contributed by atoms with E-state index in [1.54, 1.807) is 0 Å². The molecule has 0 unspecified atom stereocenters. The Morgan fingerprint density at radius 2 is 1.47 bits per heavy atom. The minimum atomic E-state index is -0.0116. The van der Waals surface area contributed by atoms with Crippen molar-refractivity contribution in [3.8, 4) is 21.5 Å². The number of rotatable bonds is 2. The molecule has 19 heavy (non-hydrogen) atoms. The maximum absolute atomic E-state index is 5.99. The van der Waals surface area contributed by atoms with Crippen molar-refractivity contribution in [3.05, 3.63) is 58.6 Å². The fourth-order valence-electron chi connectivity index (χ4n) is 1.71. The van der Waals surface area contributed by atoms with E-state index in [-0.39, 0.29) is 14.7 Å². The van der Waals surface area contributed by atoms with Crippen molar-refractivity contribution in [1.82, 2.24) is 8.96 Å². The Morgan fingerprint density at radius 1 is 0.842 bits per heavy atom. The first-order valence-corrected chi connectivity index (χ1v) is 7.96. The van der Waals surface area contributed by atoms with Gasteiger partial charge in [-0.25, -0.2) is 0 Å². The van der Waals surface area contributed by atoms with Crippen molar-refractivity contribution in [3.63, 3.8) is 0 Å². The standard InChI is InChI=1S/C14H8Cl2N2Se/c15-11-5-1-3-9(7-11)13-17-14(19-18-13)10-4-2-6-12(16)8-10/h1-8H. The molecule has 3 rings (SSSR count). The summed E-state index contributed by atoms with van der Waals surface area (Å²) in [5, 5.41) is 1.41. The van der Waals surface area contributed by atoms with Crippen LogP contribution in [-0.4, -0.2) is 23.7 Å². The third-order valence-corrected chi connectivity index (χ3v) is 4.65. The van der Waals surface area contributed by atoms with Crippen LogP contribution in [0, 0.1) is 0 Å². The van der Waals surface area contributed by atoms with Gasteiger partial charge in [0.25, 0.3) is 0 Å². The molecule has 0 amide bonds. The van der Waals surface area contributed by atoms with Crippen molar-refractivity contribution in [2.24, 2.45) is 0 Å². The molecule has 0 atom stereocenters. The molecule has 0 radical (unpaired) electrons. The van der Waals surface area contributed by atoms with E-state index in [0.29, 0.717) is 10.0 Å². The fraction of sp³-hybridized carbons (Fsp3) is 0. The number of benzene rings is 2. The van der Waals surface area contributed by atoms with Crippen LogP contribution in [0.3, 0.4) is 0 Å². The van der Waals surface area contributed by atoms with Gasteiger partial charge in [0.1, 0.15) is 0 Å². The van der Waals surface area contributed by atoms with Gasteiger partial charge in [0, 0.05) is 0 Å². The SMILES string of the molecule is Clc1cccc(-c2n[se]c(-c3cccc(Cl)c3)n2)c1. The minimum absolute atomic E-state index is 0.0116. The molecule has 0 saturated carbocycles. The van der Waals surface area contributed by atoms with Crippen molar-refractivity contribution in [2.45, 2.75) is 0 Å². The Kier molecular flexibility index (Phi) is 3.72. The molecule has 1 heterocycles. The van der Waals surface area contributed by atoms with Gasteiger partial charge < -0.3 is 0 Å². The molecule has 0 bridgehead atoms. The Labute approximate surface area is 127 Å². The van der Waals surface area contributed by atoms with Gasteiger partial charge in [-0.15, -0.1) is 0 Å². The number of aromatic nitrogens is 2. The summed E-state index contributed by atoms with van der Waals surface area (Å²) in [5.41, 5.74) is 1.99. The number of hydrogen-bond donors (Lipinski definition) is 0. The van der Waals surface area contributed by atoms with Crippen LogP contribution in [0.1, 0.15) is 0 Å². The molecule has 0 fully saturated rings. The quantitative estimate of drug-likeness (QED) is 0.646. The Morgan fingerprint density at radius 3 is 2.16 bits per heavy atom. The summed E-state index contributed by atoms with van der Waals surface area (Å²) in [5.74, 6) is 0.748. The molecule has 0 N–H and O–H groups in total. The molecule has 94 valence electrons. The zero-order valence-electron chi connectivity index (χ0n) is 9.68. The van der Waals surface area contributed by atoms with Crippen LogP contribution < -0.4 is 0 Å². The topological polar surface area (TPSA) is 25.8 Å². The first kappa shape index (κ1) is 12.9. The summed E-state index contributed by atoms with van der Waals surface area (Å²) in [4.78, 5) is 4.59. The van der Waals surface area contributed by atoms with Gasteiger partial charge >= 0.3 is 127 Å². The molecular formula is C14H8Cl2N2Se. The van der Waals surface area contributed by atoms with Gasteiger partial charge in [-0.05, 0) is 0 Å². The van der Waals surface area contributed by atoms with E-state index >= 15 is 0 Å². The summed E-state index contributed by atoms with van der Waals surface area (Å²) >= 11 is 12.0. The maximum atomic E-state index is 5.99. The van der Waals surface area contributed by atoms with Crippen LogP contribution in [0.15, 0.2) is 48.5 Å². The van der Waals surface area contributed by atoms with E-state index in [1.165, 1.54) is 0 Å². The molecule has 2 aromatic carbocycles.